The van der Waals surface area contributed by atoms with Crippen molar-refractivity contribution in [2.45, 2.75) is 32.4 Å². The average Bonchev–Trinajstić information content (AvgIpc) is 3.50. The smallest absolute Gasteiger partial charge is 0.270 e. The molecule has 0 saturated heterocycles. The zero-order valence-corrected chi connectivity index (χ0v) is 19.2. The minimum Gasteiger partial charge on any atom is -0.347 e. The first-order valence-corrected chi connectivity index (χ1v) is 11.3. The van der Waals surface area contributed by atoms with Gasteiger partial charge in [0, 0.05) is 24.2 Å². The van der Waals surface area contributed by atoms with Crippen LogP contribution in [0.3, 0.4) is 0 Å². The number of hydrogen-bond donors (Lipinski definition) is 2. The maximum absolute atomic E-state index is 13.5. The summed E-state index contributed by atoms with van der Waals surface area (Å²) < 4.78 is 27.9. The minimum atomic E-state index is -1.01. The van der Waals surface area contributed by atoms with Gasteiger partial charge in [-0.05, 0) is 54.7 Å². The predicted molar refractivity (Wildman–Crippen MR) is 125 cm³/mol. The van der Waals surface area contributed by atoms with Crippen molar-refractivity contribution in [3.63, 3.8) is 0 Å². The third-order valence-corrected chi connectivity index (χ3v) is 6.19. The number of fused-ring (bicyclic) bond motifs is 2. The van der Waals surface area contributed by atoms with Crippen LogP contribution in [0.15, 0.2) is 54.7 Å². The molecule has 4 aromatic rings. The molecule has 1 aliphatic carbocycles. The van der Waals surface area contributed by atoms with E-state index >= 15 is 0 Å². The lowest BCUT2D eigenvalue weighted by atomic mass is 10.0. The van der Waals surface area contributed by atoms with Crippen LogP contribution in [-0.2, 0) is 13.0 Å². The monoisotopic (exact) mass is 489 g/mol. The molecule has 2 amide bonds. The summed E-state index contributed by atoms with van der Waals surface area (Å²) in [6, 6.07) is 11.5. The van der Waals surface area contributed by atoms with Crippen molar-refractivity contribution in [2.24, 2.45) is 0 Å². The Morgan fingerprint density at radius 2 is 1.86 bits per heavy atom. The SMILES string of the molecule is CC(=O)c1ccc2c(c1)CC[C@@H]2NC(=O)c1cc(C(=O)NCc2ccc(F)c(F)c2)nc2ccnn12. The number of aromatic nitrogens is 3. The van der Waals surface area contributed by atoms with Crippen molar-refractivity contribution in [2.75, 3.05) is 0 Å². The molecule has 10 heteroatoms. The van der Waals surface area contributed by atoms with Crippen molar-refractivity contribution in [3.8, 4) is 0 Å². The zero-order chi connectivity index (χ0) is 25.4. The second kappa shape index (κ2) is 9.29. The lowest BCUT2D eigenvalue weighted by Crippen LogP contribution is -2.30. The van der Waals surface area contributed by atoms with Crippen LogP contribution in [0.2, 0.25) is 0 Å². The first-order valence-electron chi connectivity index (χ1n) is 11.3. The highest BCUT2D eigenvalue weighted by Gasteiger charge is 2.26. The molecule has 1 aliphatic rings. The standard InChI is InChI=1S/C26H21F2N5O3/c1-14(34)16-3-5-18-17(11-16)4-7-21(18)32-26(36)23-12-22(31-24-8-9-30-33(23)24)25(35)29-13-15-2-6-19(27)20(28)10-15/h2-3,5-6,8-12,21H,4,7,13H2,1H3,(H,29,35)(H,32,36)/t21-/m0/s1. The maximum atomic E-state index is 13.5. The molecule has 0 fully saturated rings. The van der Waals surface area contributed by atoms with Crippen LogP contribution in [-0.4, -0.2) is 32.2 Å². The number of aryl methyl sites for hydroxylation is 1. The maximum Gasteiger partial charge on any atom is 0.270 e. The van der Waals surface area contributed by atoms with Crippen LogP contribution < -0.4 is 10.6 Å². The second-order valence-electron chi connectivity index (χ2n) is 8.59. The van der Waals surface area contributed by atoms with Crippen molar-refractivity contribution >= 4 is 23.2 Å². The summed E-state index contributed by atoms with van der Waals surface area (Å²) in [5.41, 5.74) is 3.38. The number of carbonyl (C=O) groups is 3. The Morgan fingerprint density at radius 3 is 2.64 bits per heavy atom. The summed E-state index contributed by atoms with van der Waals surface area (Å²) in [7, 11) is 0. The first kappa shape index (κ1) is 23.3. The average molecular weight is 489 g/mol. The van der Waals surface area contributed by atoms with Crippen LogP contribution >= 0.6 is 0 Å². The van der Waals surface area contributed by atoms with Gasteiger partial charge >= 0.3 is 0 Å². The quantitative estimate of drug-likeness (QED) is 0.403. The lowest BCUT2D eigenvalue weighted by molar-refractivity contribution is 0.0927. The van der Waals surface area contributed by atoms with E-state index in [1.165, 1.54) is 29.8 Å². The Labute approximate surface area is 204 Å². The molecule has 36 heavy (non-hydrogen) atoms. The van der Waals surface area contributed by atoms with Crippen LogP contribution in [0, 0.1) is 11.6 Å². The summed E-state index contributed by atoms with van der Waals surface area (Å²) in [6.07, 6.45) is 2.88. The van der Waals surface area contributed by atoms with Crippen molar-refractivity contribution < 1.29 is 23.2 Å². The fourth-order valence-corrected chi connectivity index (χ4v) is 4.33. The van der Waals surface area contributed by atoms with Gasteiger partial charge in [0.05, 0.1) is 12.2 Å². The van der Waals surface area contributed by atoms with Crippen molar-refractivity contribution in [1.82, 2.24) is 25.2 Å². The summed E-state index contributed by atoms with van der Waals surface area (Å²) in [5.74, 6) is -3.02. The van der Waals surface area contributed by atoms with Gasteiger partial charge in [-0.25, -0.2) is 18.3 Å². The number of Topliss-reactive ketones (excluding diaryl/α,β-unsaturated/α-hetero) is 1. The second-order valence-corrected chi connectivity index (χ2v) is 8.59. The third-order valence-electron chi connectivity index (χ3n) is 6.19. The molecule has 0 spiro atoms. The van der Waals surface area contributed by atoms with Gasteiger partial charge in [0.2, 0.25) is 0 Å². The number of benzene rings is 2. The van der Waals surface area contributed by atoms with E-state index in [2.05, 4.69) is 20.7 Å². The van der Waals surface area contributed by atoms with E-state index < -0.39 is 23.4 Å². The Bertz CT molecular complexity index is 1530. The zero-order valence-electron chi connectivity index (χ0n) is 19.2. The summed E-state index contributed by atoms with van der Waals surface area (Å²) >= 11 is 0. The Kier molecular flexibility index (Phi) is 6.01. The van der Waals surface area contributed by atoms with Gasteiger partial charge < -0.3 is 10.6 Å². The van der Waals surface area contributed by atoms with Gasteiger partial charge in [0.15, 0.2) is 23.1 Å². The molecule has 0 saturated carbocycles. The van der Waals surface area contributed by atoms with E-state index in [9.17, 15) is 23.2 Å². The van der Waals surface area contributed by atoms with Gasteiger partial charge in [0.25, 0.3) is 11.8 Å². The Balaban J connectivity index is 1.36. The summed E-state index contributed by atoms with van der Waals surface area (Å²) in [4.78, 5) is 42.0. The van der Waals surface area contributed by atoms with Gasteiger partial charge in [-0.2, -0.15) is 5.10 Å². The molecular formula is C26H21F2N5O3. The molecule has 5 rings (SSSR count). The van der Waals surface area contributed by atoms with Crippen molar-refractivity contribution in [1.29, 1.82) is 0 Å². The Morgan fingerprint density at radius 1 is 1.03 bits per heavy atom. The molecule has 2 aromatic heterocycles. The number of nitrogens with one attached hydrogen (secondary N) is 2. The topological polar surface area (TPSA) is 105 Å². The molecule has 0 unspecified atom stereocenters. The molecule has 0 aliphatic heterocycles. The largest absolute Gasteiger partial charge is 0.347 e. The number of ketones is 1. The Hall–Kier alpha value is -4.47. The molecule has 2 heterocycles. The molecule has 2 N–H and O–H groups in total. The third kappa shape index (κ3) is 4.45. The van der Waals surface area contributed by atoms with Crippen LogP contribution in [0.5, 0.6) is 0 Å². The van der Waals surface area contributed by atoms with Gasteiger partial charge in [-0.1, -0.05) is 18.2 Å². The molecule has 1 atom stereocenters. The van der Waals surface area contributed by atoms with Crippen LogP contribution in [0.25, 0.3) is 5.65 Å². The normalized spacial score (nSPS) is 14.5. The molecule has 0 bridgehead atoms. The van der Waals surface area contributed by atoms with Gasteiger partial charge in [0.1, 0.15) is 11.4 Å². The van der Waals surface area contributed by atoms with Crippen molar-refractivity contribution in [3.05, 3.63) is 100 Å². The summed E-state index contributed by atoms with van der Waals surface area (Å²) in [5, 5.41) is 9.75. The number of carbonyl (C=O) groups excluding carboxylic acids is 3. The van der Waals surface area contributed by atoms with E-state index in [0.29, 0.717) is 23.2 Å². The number of hydrogen-bond acceptors (Lipinski definition) is 5. The van der Waals surface area contributed by atoms with E-state index in [-0.39, 0.29) is 29.8 Å². The van der Waals surface area contributed by atoms with E-state index in [1.54, 1.807) is 12.1 Å². The number of halogens is 2. The molecular weight excluding hydrogens is 468 g/mol. The van der Waals surface area contributed by atoms with E-state index in [0.717, 1.165) is 29.7 Å². The van der Waals surface area contributed by atoms with Gasteiger partial charge in [-0.3, -0.25) is 14.4 Å². The van der Waals surface area contributed by atoms with E-state index in [4.69, 9.17) is 0 Å². The molecule has 2 aromatic carbocycles. The molecule has 8 nitrogen and oxygen atoms in total. The highest BCUT2D eigenvalue weighted by Crippen LogP contribution is 2.32. The molecule has 0 radical (unpaired) electrons. The van der Waals surface area contributed by atoms with Crippen LogP contribution in [0.1, 0.15) is 67.4 Å². The number of rotatable bonds is 6. The van der Waals surface area contributed by atoms with Gasteiger partial charge in [-0.15, -0.1) is 0 Å². The van der Waals surface area contributed by atoms with Crippen LogP contribution in [0.4, 0.5) is 8.78 Å². The first-order chi connectivity index (χ1) is 17.3. The highest BCUT2D eigenvalue weighted by atomic mass is 19.2. The number of nitrogens with zero attached hydrogens (tertiary/aromatic N) is 3. The molecule has 182 valence electrons. The fraction of sp³-hybridized carbons (Fsp3) is 0.192. The minimum absolute atomic E-state index is 0.0153. The summed E-state index contributed by atoms with van der Waals surface area (Å²) in [6.45, 7) is 1.46. The highest BCUT2D eigenvalue weighted by molar-refractivity contribution is 5.98. The predicted octanol–water partition coefficient (Wildman–Crippen LogP) is 3.56. The fourth-order valence-electron chi connectivity index (χ4n) is 4.33. The van der Waals surface area contributed by atoms with E-state index in [1.807, 2.05) is 12.1 Å². The number of amides is 2. The lowest BCUT2D eigenvalue weighted by Gasteiger charge is -2.15.